The Kier molecular flexibility index (Phi) is 5.21. The number of aromatic nitrogens is 3. The molecule has 8 heteroatoms. The molecule has 0 saturated carbocycles. The molecule has 134 valence electrons. The molecule has 0 aliphatic carbocycles. The topological polar surface area (TPSA) is 92.9 Å². The number of anilines is 2. The van der Waals surface area contributed by atoms with Crippen LogP contribution in [-0.4, -0.2) is 27.6 Å². The second kappa shape index (κ2) is 7.73. The van der Waals surface area contributed by atoms with Crippen LogP contribution in [0, 0.1) is 19.7 Å². The van der Waals surface area contributed by atoms with Crippen LogP contribution in [0.3, 0.4) is 0 Å². The van der Waals surface area contributed by atoms with E-state index in [1.807, 2.05) is 0 Å². The van der Waals surface area contributed by atoms with Gasteiger partial charge in [-0.1, -0.05) is 17.3 Å². The van der Waals surface area contributed by atoms with Crippen LogP contribution in [0.2, 0.25) is 0 Å². The number of halogens is 1. The minimum atomic E-state index is -0.308. The molecule has 0 atom stereocenters. The van der Waals surface area contributed by atoms with Gasteiger partial charge in [0.05, 0.1) is 0 Å². The van der Waals surface area contributed by atoms with E-state index in [1.54, 1.807) is 38.1 Å². The summed E-state index contributed by atoms with van der Waals surface area (Å²) in [5.41, 5.74) is 1.19. The standard InChI is InChI=1S/C18H18FN5O2/c1-11-9-17(24-26-11)23-16-10-15(21-12(2)22-16)18(25)20-8-7-13-3-5-14(19)6-4-13/h3-6,9-10H,7-8H2,1-2H3,(H,20,25)(H,21,22,23,24). The summed E-state index contributed by atoms with van der Waals surface area (Å²) in [6.45, 7) is 3.90. The predicted molar refractivity (Wildman–Crippen MR) is 93.7 cm³/mol. The van der Waals surface area contributed by atoms with E-state index >= 15 is 0 Å². The summed E-state index contributed by atoms with van der Waals surface area (Å²) in [4.78, 5) is 20.7. The van der Waals surface area contributed by atoms with E-state index in [2.05, 4.69) is 25.8 Å². The summed E-state index contributed by atoms with van der Waals surface area (Å²) in [7, 11) is 0. The zero-order chi connectivity index (χ0) is 18.5. The number of benzene rings is 1. The van der Waals surface area contributed by atoms with Crippen LogP contribution in [0.4, 0.5) is 16.0 Å². The minimum absolute atomic E-state index is 0.249. The van der Waals surface area contributed by atoms with Crippen molar-refractivity contribution in [3.63, 3.8) is 0 Å². The lowest BCUT2D eigenvalue weighted by molar-refractivity contribution is 0.0949. The lowest BCUT2D eigenvalue weighted by Gasteiger charge is -2.08. The number of rotatable bonds is 6. The first-order valence-corrected chi connectivity index (χ1v) is 8.08. The van der Waals surface area contributed by atoms with Gasteiger partial charge in [-0.25, -0.2) is 14.4 Å². The van der Waals surface area contributed by atoms with Gasteiger partial charge in [-0.2, -0.15) is 0 Å². The maximum absolute atomic E-state index is 12.9. The summed E-state index contributed by atoms with van der Waals surface area (Å²) >= 11 is 0. The summed E-state index contributed by atoms with van der Waals surface area (Å²) < 4.78 is 17.9. The largest absolute Gasteiger partial charge is 0.360 e. The second-order valence-electron chi connectivity index (χ2n) is 5.77. The van der Waals surface area contributed by atoms with Crippen molar-refractivity contribution in [2.45, 2.75) is 20.3 Å². The molecule has 0 saturated heterocycles. The van der Waals surface area contributed by atoms with E-state index in [4.69, 9.17) is 4.52 Å². The molecule has 0 aliphatic heterocycles. The van der Waals surface area contributed by atoms with E-state index < -0.39 is 0 Å². The average Bonchev–Trinajstić information content (AvgIpc) is 3.01. The number of aryl methyl sites for hydroxylation is 2. The second-order valence-corrected chi connectivity index (χ2v) is 5.77. The Bertz CT molecular complexity index is 908. The van der Waals surface area contributed by atoms with Crippen molar-refractivity contribution >= 4 is 17.5 Å². The van der Waals surface area contributed by atoms with Gasteiger partial charge >= 0.3 is 0 Å². The lowest BCUT2D eigenvalue weighted by atomic mass is 10.1. The molecule has 0 aliphatic rings. The number of hydrogen-bond donors (Lipinski definition) is 2. The molecule has 0 unspecified atom stereocenters. The zero-order valence-corrected chi connectivity index (χ0v) is 14.4. The summed E-state index contributed by atoms with van der Waals surface area (Å²) in [6.07, 6.45) is 0.597. The normalized spacial score (nSPS) is 10.6. The van der Waals surface area contributed by atoms with Crippen LogP contribution in [0.5, 0.6) is 0 Å². The maximum atomic E-state index is 12.9. The molecular weight excluding hydrogens is 337 g/mol. The monoisotopic (exact) mass is 355 g/mol. The first-order chi connectivity index (χ1) is 12.5. The first-order valence-electron chi connectivity index (χ1n) is 8.08. The number of nitrogens with one attached hydrogen (secondary N) is 2. The Hall–Kier alpha value is -3.29. The Labute approximate surface area is 149 Å². The van der Waals surface area contributed by atoms with Crippen molar-refractivity contribution in [3.8, 4) is 0 Å². The van der Waals surface area contributed by atoms with E-state index in [9.17, 15) is 9.18 Å². The highest BCUT2D eigenvalue weighted by molar-refractivity contribution is 5.93. The summed E-state index contributed by atoms with van der Waals surface area (Å²) in [6, 6.07) is 9.45. The molecule has 3 rings (SSSR count). The Morgan fingerprint density at radius 2 is 1.88 bits per heavy atom. The van der Waals surface area contributed by atoms with Gasteiger partial charge in [0, 0.05) is 18.7 Å². The third-order valence-electron chi connectivity index (χ3n) is 3.57. The molecule has 3 aromatic rings. The van der Waals surface area contributed by atoms with Gasteiger partial charge in [0.25, 0.3) is 5.91 Å². The first kappa shape index (κ1) is 17.5. The number of nitrogens with zero attached hydrogens (tertiary/aromatic N) is 3. The molecule has 0 fully saturated rings. The molecule has 1 aromatic carbocycles. The van der Waals surface area contributed by atoms with Gasteiger partial charge in [0.15, 0.2) is 5.82 Å². The van der Waals surface area contributed by atoms with Crippen molar-refractivity contribution < 1.29 is 13.7 Å². The molecule has 0 radical (unpaired) electrons. The van der Waals surface area contributed by atoms with Crippen LogP contribution in [0.25, 0.3) is 0 Å². The van der Waals surface area contributed by atoms with Crippen LogP contribution in [-0.2, 0) is 6.42 Å². The Balaban J connectivity index is 1.62. The van der Waals surface area contributed by atoms with Gasteiger partial charge in [0.2, 0.25) is 0 Å². The molecule has 0 spiro atoms. The predicted octanol–water partition coefficient (Wildman–Crippen LogP) is 2.94. The van der Waals surface area contributed by atoms with Gasteiger partial charge in [-0.3, -0.25) is 4.79 Å². The molecule has 1 amide bonds. The van der Waals surface area contributed by atoms with Gasteiger partial charge in [0.1, 0.15) is 28.9 Å². The van der Waals surface area contributed by atoms with E-state index in [-0.39, 0.29) is 17.4 Å². The van der Waals surface area contributed by atoms with Crippen molar-refractivity contribution in [1.29, 1.82) is 0 Å². The van der Waals surface area contributed by atoms with Gasteiger partial charge in [-0.15, -0.1) is 0 Å². The molecule has 26 heavy (non-hydrogen) atoms. The molecule has 2 aromatic heterocycles. The molecule has 2 heterocycles. The van der Waals surface area contributed by atoms with Gasteiger partial charge < -0.3 is 15.2 Å². The van der Waals surface area contributed by atoms with Crippen LogP contribution in [0.1, 0.15) is 27.6 Å². The lowest BCUT2D eigenvalue weighted by Crippen LogP contribution is -2.27. The quantitative estimate of drug-likeness (QED) is 0.706. The SMILES string of the molecule is Cc1nc(Nc2cc(C)on2)cc(C(=O)NCCc2ccc(F)cc2)n1. The van der Waals surface area contributed by atoms with Crippen LogP contribution in [0.15, 0.2) is 40.9 Å². The maximum Gasteiger partial charge on any atom is 0.270 e. The zero-order valence-electron chi connectivity index (χ0n) is 14.4. The van der Waals surface area contributed by atoms with Crippen molar-refractivity contribution in [3.05, 3.63) is 65.1 Å². The fourth-order valence-corrected chi connectivity index (χ4v) is 2.37. The fourth-order valence-electron chi connectivity index (χ4n) is 2.37. The van der Waals surface area contributed by atoms with Gasteiger partial charge in [-0.05, 0) is 38.0 Å². The fraction of sp³-hybridized carbons (Fsp3) is 0.222. The summed E-state index contributed by atoms with van der Waals surface area (Å²) in [5.74, 6) is 1.49. The molecule has 2 N–H and O–H groups in total. The number of hydrogen-bond acceptors (Lipinski definition) is 6. The number of carbonyl (C=O) groups excluding carboxylic acids is 1. The Morgan fingerprint density at radius 1 is 1.12 bits per heavy atom. The highest BCUT2D eigenvalue weighted by Gasteiger charge is 2.11. The smallest absolute Gasteiger partial charge is 0.270 e. The molecular formula is C18H18FN5O2. The number of amides is 1. The Morgan fingerprint density at radius 3 is 2.58 bits per heavy atom. The highest BCUT2D eigenvalue weighted by Crippen LogP contribution is 2.15. The van der Waals surface area contributed by atoms with Crippen LogP contribution >= 0.6 is 0 Å². The summed E-state index contributed by atoms with van der Waals surface area (Å²) in [5, 5.41) is 9.61. The third-order valence-corrected chi connectivity index (χ3v) is 3.57. The minimum Gasteiger partial charge on any atom is -0.360 e. The molecule has 0 bridgehead atoms. The van der Waals surface area contributed by atoms with E-state index in [0.717, 1.165) is 5.56 Å². The third kappa shape index (κ3) is 4.62. The van der Waals surface area contributed by atoms with E-state index in [1.165, 1.54) is 12.1 Å². The van der Waals surface area contributed by atoms with Crippen molar-refractivity contribution in [1.82, 2.24) is 20.4 Å². The van der Waals surface area contributed by atoms with E-state index in [0.29, 0.717) is 36.2 Å². The molecule has 7 nitrogen and oxygen atoms in total. The average molecular weight is 355 g/mol. The highest BCUT2D eigenvalue weighted by atomic mass is 19.1. The van der Waals surface area contributed by atoms with Crippen molar-refractivity contribution in [2.75, 3.05) is 11.9 Å². The van der Waals surface area contributed by atoms with Crippen molar-refractivity contribution in [2.24, 2.45) is 0 Å². The number of carbonyl (C=O) groups is 1. The van der Waals surface area contributed by atoms with Crippen LogP contribution < -0.4 is 10.6 Å².